The number of hydrogen-bond donors (Lipinski definition) is 1. The van der Waals surface area contributed by atoms with Gasteiger partial charge in [0.2, 0.25) is 0 Å². The van der Waals surface area contributed by atoms with E-state index < -0.39 is 0 Å². The van der Waals surface area contributed by atoms with E-state index in [1.807, 2.05) is 6.07 Å². The van der Waals surface area contributed by atoms with Crippen molar-refractivity contribution in [2.75, 3.05) is 13.1 Å². The molecule has 2 atom stereocenters. The lowest BCUT2D eigenvalue weighted by Crippen LogP contribution is -2.52. The largest absolute Gasteiger partial charge is 0.391 e. The second kappa shape index (κ2) is 5.28. The van der Waals surface area contributed by atoms with Crippen LogP contribution in [0.1, 0.15) is 24.4 Å². The predicted molar refractivity (Wildman–Crippen MR) is 84.9 cm³/mol. The molecular formula is C19H21NO. The molecule has 0 saturated carbocycles. The summed E-state index contributed by atoms with van der Waals surface area (Å²) in [6.45, 7) is 2.26. The van der Waals surface area contributed by atoms with Gasteiger partial charge in [0.15, 0.2) is 0 Å². The summed E-state index contributed by atoms with van der Waals surface area (Å²) in [5.74, 6) is 0.494. The van der Waals surface area contributed by atoms with Gasteiger partial charge in [-0.15, -0.1) is 0 Å². The highest BCUT2D eigenvalue weighted by atomic mass is 16.3. The summed E-state index contributed by atoms with van der Waals surface area (Å²) in [6.07, 6.45) is 2.11. The van der Waals surface area contributed by atoms with Gasteiger partial charge in [-0.1, -0.05) is 54.6 Å². The van der Waals surface area contributed by atoms with Crippen LogP contribution in [0.3, 0.4) is 0 Å². The van der Waals surface area contributed by atoms with Gasteiger partial charge < -0.3 is 5.11 Å². The first-order chi connectivity index (χ1) is 10.3. The lowest BCUT2D eigenvalue weighted by atomic mass is 9.78. The Morgan fingerprint density at radius 2 is 1.43 bits per heavy atom. The fourth-order valence-corrected chi connectivity index (χ4v) is 3.92. The highest BCUT2D eigenvalue weighted by molar-refractivity contribution is 5.63. The molecule has 3 aliphatic rings. The maximum absolute atomic E-state index is 10.6. The number of rotatable bonds is 2. The van der Waals surface area contributed by atoms with Crippen molar-refractivity contribution in [2.24, 2.45) is 5.92 Å². The molecule has 0 aromatic heterocycles. The van der Waals surface area contributed by atoms with E-state index in [0.29, 0.717) is 5.92 Å². The van der Waals surface area contributed by atoms with E-state index in [1.54, 1.807) is 0 Å². The summed E-state index contributed by atoms with van der Waals surface area (Å²) in [6, 6.07) is 19.4. The Morgan fingerprint density at radius 3 is 2.05 bits per heavy atom. The molecule has 2 heteroatoms. The first kappa shape index (κ1) is 13.1. The number of nitrogens with zero attached hydrogens (tertiary/aromatic N) is 1. The highest BCUT2D eigenvalue weighted by Gasteiger charge is 2.41. The fourth-order valence-electron chi connectivity index (χ4n) is 3.92. The van der Waals surface area contributed by atoms with Crippen LogP contribution in [0.25, 0.3) is 11.1 Å². The van der Waals surface area contributed by atoms with Crippen LogP contribution in [0.2, 0.25) is 0 Å². The van der Waals surface area contributed by atoms with Crippen LogP contribution in [0.4, 0.5) is 0 Å². The second-order valence-electron chi connectivity index (χ2n) is 6.30. The summed E-state index contributed by atoms with van der Waals surface area (Å²) in [7, 11) is 0. The molecule has 3 aliphatic heterocycles. The molecule has 0 spiro atoms. The number of aliphatic hydroxyl groups is 1. The minimum absolute atomic E-state index is 0.197. The van der Waals surface area contributed by atoms with Crippen LogP contribution in [-0.2, 0) is 0 Å². The Bertz CT molecular complexity index is 597. The molecule has 0 aliphatic carbocycles. The van der Waals surface area contributed by atoms with Gasteiger partial charge in [0.25, 0.3) is 0 Å². The molecule has 2 aromatic carbocycles. The summed E-state index contributed by atoms with van der Waals surface area (Å²) < 4.78 is 0. The lowest BCUT2D eigenvalue weighted by molar-refractivity contribution is -0.0739. The van der Waals surface area contributed by atoms with Gasteiger partial charge in [0.1, 0.15) is 0 Å². The number of benzene rings is 2. The van der Waals surface area contributed by atoms with Crippen molar-refractivity contribution in [1.29, 1.82) is 0 Å². The quantitative estimate of drug-likeness (QED) is 0.909. The Kier molecular flexibility index (Phi) is 3.28. The minimum Gasteiger partial charge on any atom is -0.391 e. The number of hydrogen-bond acceptors (Lipinski definition) is 2. The molecule has 3 heterocycles. The van der Waals surface area contributed by atoms with Crippen molar-refractivity contribution < 1.29 is 5.11 Å². The molecule has 108 valence electrons. The molecule has 2 bridgehead atoms. The first-order valence-electron chi connectivity index (χ1n) is 7.90. The van der Waals surface area contributed by atoms with Gasteiger partial charge in [-0.2, -0.15) is 0 Å². The SMILES string of the molecule is OC1C2CCN(CC2)C1c1ccc(-c2ccccc2)cc1. The van der Waals surface area contributed by atoms with Crippen molar-refractivity contribution in [1.82, 2.24) is 4.90 Å². The Morgan fingerprint density at radius 1 is 0.810 bits per heavy atom. The van der Waals surface area contributed by atoms with Crippen LogP contribution in [0, 0.1) is 5.92 Å². The van der Waals surface area contributed by atoms with Gasteiger partial charge in [0.05, 0.1) is 12.1 Å². The summed E-state index contributed by atoms with van der Waals surface area (Å²) in [4.78, 5) is 2.45. The Balaban J connectivity index is 1.62. The van der Waals surface area contributed by atoms with Crippen molar-refractivity contribution in [2.45, 2.75) is 25.0 Å². The molecular weight excluding hydrogens is 258 g/mol. The lowest BCUT2D eigenvalue weighted by Gasteiger charge is -2.49. The van der Waals surface area contributed by atoms with E-state index in [9.17, 15) is 5.11 Å². The zero-order valence-corrected chi connectivity index (χ0v) is 12.2. The van der Waals surface area contributed by atoms with E-state index in [0.717, 1.165) is 25.9 Å². The zero-order chi connectivity index (χ0) is 14.2. The maximum Gasteiger partial charge on any atom is 0.0766 e. The van der Waals surface area contributed by atoms with Crippen molar-refractivity contribution >= 4 is 0 Å². The molecule has 3 fully saturated rings. The van der Waals surface area contributed by atoms with Crippen molar-refractivity contribution in [3.8, 4) is 11.1 Å². The van der Waals surface area contributed by atoms with E-state index in [2.05, 4.69) is 53.4 Å². The molecule has 5 rings (SSSR count). The Hall–Kier alpha value is -1.64. The average Bonchev–Trinajstić information content (AvgIpc) is 2.57. The molecule has 2 aromatic rings. The van der Waals surface area contributed by atoms with E-state index >= 15 is 0 Å². The van der Waals surface area contributed by atoms with Gasteiger partial charge >= 0.3 is 0 Å². The molecule has 21 heavy (non-hydrogen) atoms. The fraction of sp³-hybridized carbons (Fsp3) is 0.368. The maximum atomic E-state index is 10.6. The number of fused-ring (bicyclic) bond motifs is 3. The molecule has 1 N–H and O–H groups in total. The molecule has 0 amide bonds. The van der Waals surface area contributed by atoms with Crippen LogP contribution < -0.4 is 0 Å². The van der Waals surface area contributed by atoms with Crippen LogP contribution in [-0.4, -0.2) is 29.2 Å². The van der Waals surface area contributed by atoms with Gasteiger partial charge in [-0.25, -0.2) is 0 Å². The van der Waals surface area contributed by atoms with Gasteiger partial charge in [-0.3, -0.25) is 4.90 Å². The molecule has 3 saturated heterocycles. The number of aliphatic hydroxyl groups excluding tert-OH is 1. The smallest absolute Gasteiger partial charge is 0.0766 e. The predicted octanol–water partition coefficient (Wildman–Crippen LogP) is 3.48. The summed E-state index contributed by atoms with van der Waals surface area (Å²) in [5.41, 5.74) is 3.74. The second-order valence-corrected chi connectivity index (χ2v) is 6.30. The zero-order valence-electron chi connectivity index (χ0n) is 12.2. The van der Waals surface area contributed by atoms with E-state index in [1.165, 1.54) is 16.7 Å². The topological polar surface area (TPSA) is 23.5 Å². The molecule has 0 radical (unpaired) electrons. The van der Waals surface area contributed by atoms with Gasteiger partial charge in [-0.05, 0) is 48.5 Å². The monoisotopic (exact) mass is 279 g/mol. The first-order valence-corrected chi connectivity index (χ1v) is 7.90. The van der Waals surface area contributed by atoms with Crippen molar-refractivity contribution in [3.63, 3.8) is 0 Å². The minimum atomic E-state index is -0.199. The van der Waals surface area contributed by atoms with Crippen LogP contribution in [0.5, 0.6) is 0 Å². The number of piperidine rings is 3. The van der Waals surface area contributed by atoms with E-state index in [-0.39, 0.29) is 12.1 Å². The third-order valence-corrected chi connectivity index (χ3v) is 5.13. The summed E-state index contributed by atoms with van der Waals surface area (Å²) >= 11 is 0. The highest BCUT2D eigenvalue weighted by Crippen LogP contribution is 2.41. The van der Waals surface area contributed by atoms with Crippen LogP contribution >= 0.6 is 0 Å². The Labute approximate surface area is 126 Å². The molecule has 2 unspecified atom stereocenters. The summed E-state index contributed by atoms with van der Waals surface area (Å²) in [5, 5.41) is 10.6. The normalized spacial score (nSPS) is 31.3. The van der Waals surface area contributed by atoms with Crippen molar-refractivity contribution in [3.05, 3.63) is 60.2 Å². The third kappa shape index (κ3) is 2.29. The standard InChI is InChI=1S/C19H21NO/c21-19-17-10-12-20(13-11-17)18(19)16-8-6-15(7-9-16)14-4-2-1-3-5-14/h1-9,17-19,21H,10-13H2. The average molecular weight is 279 g/mol. The van der Waals surface area contributed by atoms with Gasteiger partial charge in [0, 0.05) is 0 Å². The third-order valence-electron chi connectivity index (χ3n) is 5.13. The molecule has 2 nitrogen and oxygen atoms in total. The van der Waals surface area contributed by atoms with E-state index in [4.69, 9.17) is 0 Å². The van der Waals surface area contributed by atoms with Crippen LogP contribution in [0.15, 0.2) is 54.6 Å².